The SMILES string of the molecule is COCc1ccc(C(Nc2cccc(Br)c2)C(=O)O)cc1. The van der Waals surface area contributed by atoms with Crippen LogP contribution in [0.5, 0.6) is 0 Å². The second kappa shape index (κ2) is 7.24. The molecule has 0 radical (unpaired) electrons. The summed E-state index contributed by atoms with van der Waals surface area (Å²) < 4.78 is 5.94. The zero-order valence-electron chi connectivity index (χ0n) is 11.5. The number of halogens is 1. The molecule has 0 fully saturated rings. The van der Waals surface area contributed by atoms with Crippen LogP contribution in [0.2, 0.25) is 0 Å². The minimum Gasteiger partial charge on any atom is -0.479 e. The fraction of sp³-hybridized carbons (Fsp3) is 0.188. The van der Waals surface area contributed by atoms with E-state index >= 15 is 0 Å². The Bertz CT molecular complexity index is 613. The van der Waals surface area contributed by atoms with E-state index in [1.54, 1.807) is 19.2 Å². The van der Waals surface area contributed by atoms with Gasteiger partial charge in [0.25, 0.3) is 0 Å². The smallest absolute Gasteiger partial charge is 0.330 e. The van der Waals surface area contributed by atoms with Crippen LogP contribution in [0.1, 0.15) is 17.2 Å². The second-order valence-electron chi connectivity index (χ2n) is 4.60. The maximum absolute atomic E-state index is 11.5. The lowest BCUT2D eigenvalue weighted by molar-refractivity contribution is -0.138. The number of carboxylic acids is 1. The number of carboxylic acid groups (broad SMARTS) is 1. The van der Waals surface area contributed by atoms with Crippen molar-refractivity contribution in [3.8, 4) is 0 Å². The van der Waals surface area contributed by atoms with Crippen molar-refractivity contribution in [2.24, 2.45) is 0 Å². The lowest BCUT2D eigenvalue weighted by Crippen LogP contribution is -2.20. The third-order valence-corrected chi connectivity index (χ3v) is 3.50. The summed E-state index contributed by atoms with van der Waals surface area (Å²) in [5.74, 6) is -0.922. The molecule has 2 rings (SSSR count). The van der Waals surface area contributed by atoms with E-state index in [-0.39, 0.29) is 0 Å². The van der Waals surface area contributed by atoms with Gasteiger partial charge in [-0.05, 0) is 29.3 Å². The molecule has 0 aromatic heterocycles. The van der Waals surface area contributed by atoms with Crippen LogP contribution >= 0.6 is 15.9 Å². The average molecular weight is 350 g/mol. The Kier molecular flexibility index (Phi) is 5.36. The molecule has 0 bridgehead atoms. The molecule has 2 N–H and O–H groups in total. The number of rotatable bonds is 6. The number of hydrogen-bond acceptors (Lipinski definition) is 3. The number of ether oxygens (including phenoxy) is 1. The lowest BCUT2D eigenvalue weighted by atomic mass is 10.0. The van der Waals surface area contributed by atoms with Crippen LogP contribution in [0.25, 0.3) is 0 Å². The first-order chi connectivity index (χ1) is 10.1. The van der Waals surface area contributed by atoms with Crippen molar-refractivity contribution in [2.45, 2.75) is 12.6 Å². The van der Waals surface area contributed by atoms with Gasteiger partial charge in [0.1, 0.15) is 0 Å². The zero-order chi connectivity index (χ0) is 15.2. The number of methoxy groups -OCH3 is 1. The fourth-order valence-electron chi connectivity index (χ4n) is 2.01. The molecule has 0 aliphatic rings. The fourth-order valence-corrected chi connectivity index (χ4v) is 2.40. The molecule has 1 unspecified atom stereocenters. The largest absolute Gasteiger partial charge is 0.479 e. The number of carbonyl (C=O) groups is 1. The van der Waals surface area contributed by atoms with Crippen LogP contribution in [0.15, 0.2) is 53.0 Å². The van der Waals surface area contributed by atoms with Crippen molar-refractivity contribution in [3.05, 3.63) is 64.1 Å². The molecule has 1 atom stereocenters. The Balaban J connectivity index is 2.20. The van der Waals surface area contributed by atoms with Gasteiger partial charge in [-0.1, -0.05) is 46.3 Å². The Labute approximate surface area is 131 Å². The van der Waals surface area contributed by atoms with Crippen LogP contribution in [0.3, 0.4) is 0 Å². The minimum absolute atomic E-state index is 0.511. The predicted octanol–water partition coefficient (Wildman–Crippen LogP) is 3.83. The first kappa shape index (κ1) is 15.5. The van der Waals surface area contributed by atoms with Crippen LogP contribution in [-0.4, -0.2) is 18.2 Å². The number of hydrogen-bond donors (Lipinski definition) is 2. The van der Waals surface area contributed by atoms with Gasteiger partial charge in [-0.15, -0.1) is 0 Å². The highest BCUT2D eigenvalue weighted by Crippen LogP contribution is 2.23. The molecule has 110 valence electrons. The molecule has 0 saturated carbocycles. The van der Waals surface area contributed by atoms with Crippen molar-refractivity contribution in [1.29, 1.82) is 0 Å². The van der Waals surface area contributed by atoms with Gasteiger partial charge in [0.05, 0.1) is 6.61 Å². The summed E-state index contributed by atoms with van der Waals surface area (Å²) in [7, 11) is 1.63. The molecule has 2 aromatic carbocycles. The first-order valence-corrected chi connectivity index (χ1v) is 7.22. The van der Waals surface area contributed by atoms with Gasteiger partial charge >= 0.3 is 5.97 Å². The van der Waals surface area contributed by atoms with Crippen LogP contribution in [0, 0.1) is 0 Å². The van der Waals surface area contributed by atoms with Crippen molar-refractivity contribution in [2.75, 3.05) is 12.4 Å². The number of benzene rings is 2. The van der Waals surface area contributed by atoms with Gasteiger partial charge in [0.15, 0.2) is 6.04 Å². The maximum atomic E-state index is 11.5. The summed E-state index contributed by atoms with van der Waals surface area (Å²) in [5.41, 5.74) is 2.45. The number of aliphatic carboxylic acids is 1. The summed E-state index contributed by atoms with van der Waals surface area (Å²) in [4.78, 5) is 11.5. The van der Waals surface area contributed by atoms with Crippen LogP contribution in [0.4, 0.5) is 5.69 Å². The van der Waals surface area contributed by atoms with Crippen LogP contribution in [-0.2, 0) is 16.1 Å². The monoisotopic (exact) mass is 349 g/mol. The van der Waals surface area contributed by atoms with E-state index < -0.39 is 12.0 Å². The molecule has 21 heavy (non-hydrogen) atoms. The lowest BCUT2D eigenvalue weighted by Gasteiger charge is -2.17. The number of anilines is 1. The second-order valence-corrected chi connectivity index (χ2v) is 5.52. The highest BCUT2D eigenvalue weighted by molar-refractivity contribution is 9.10. The van der Waals surface area contributed by atoms with Gasteiger partial charge in [0.2, 0.25) is 0 Å². The predicted molar refractivity (Wildman–Crippen MR) is 85.3 cm³/mol. The molecule has 0 amide bonds. The van der Waals surface area contributed by atoms with E-state index in [9.17, 15) is 9.90 Å². The summed E-state index contributed by atoms with van der Waals surface area (Å²) in [6, 6.07) is 14.0. The molecule has 5 heteroatoms. The van der Waals surface area contributed by atoms with E-state index in [4.69, 9.17) is 4.74 Å². The first-order valence-electron chi connectivity index (χ1n) is 6.43. The van der Waals surface area contributed by atoms with E-state index in [2.05, 4.69) is 21.2 Å². The van der Waals surface area contributed by atoms with Crippen molar-refractivity contribution >= 4 is 27.6 Å². The van der Waals surface area contributed by atoms with E-state index in [1.165, 1.54) is 0 Å². The molecule has 2 aromatic rings. The van der Waals surface area contributed by atoms with E-state index in [0.29, 0.717) is 12.2 Å². The molecule has 4 nitrogen and oxygen atoms in total. The highest BCUT2D eigenvalue weighted by Gasteiger charge is 2.19. The van der Waals surface area contributed by atoms with Gasteiger partial charge in [-0.25, -0.2) is 4.79 Å². The van der Waals surface area contributed by atoms with Crippen molar-refractivity contribution in [1.82, 2.24) is 0 Å². The third-order valence-electron chi connectivity index (χ3n) is 3.01. The van der Waals surface area contributed by atoms with Gasteiger partial charge in [-0.3, -0.25) is 0 Å². The molecule has 0 aliphatic heterocycles. The third kappa shape index (κ3) is 4.31. The normalized spacial score (nSPS) is 11.9. The van der Waals surface area contributed by atoms with Gasteiger partial charge < -0.3 is 15.2 Å². The summed E-state index contributed by atoms with van der Waals surface area (Å²) in [5, 5.41) is 12.5. The topological polar surface area (TPSA) is 58.6 Å². The molecular formula is C16H16BrNO3. The zero-order valence-corrected chi connectivity index (χ0v) is 13.1. The molecule has 0 heterocycles. The van der Waals surface area contributed by atoms with E-state index in [1.807, 2.05) is 36.4 Å². The summed E-state index contributed by atoms with van der Waals surface area (Å²) in [6.45, 7) is 0.511. The Morgan fingerprint density at radius 3 is 2.57 bits per heavy atom. The van der Waals surface area contributed by atoms with Gasteiger partial charge in [-0.2, -0.15) is 0 Å². The minimum atomic E-state index is -0.922. The molecule has 0 saturated heterocycles. The Morgan fingerprint density at radius 1 is 1.29 bits per heavy atom. The number of nitrogens with one attached hydrogen (secondary N) is 1. The maximum Gasteiger partial charge on any atom is 0.330 e. The van der Waals surface area contributed by atoms with Crippen LogP contribution < -0.4 is 5.32 Å². The average Bonchev–Trinajstić information content (AvgIpc) is 2.46. The Hall–Kier alpha value is -1.85. The Morgan fingerprint density at radius 2 is 2.00 bits per heavy atom. The standard InChI is InChI=1S/C16H16BrNO3/c1-21-10-11-5-7-12(8-6-11)15(16(19)20)18-14-4-2-3-13(17)9-14/h2-9,15,18H,10H2,1H3,(H,19,20). The van der Waals surface area contributed by atoms with E-state index in [0.717, 1.165) is 15.7 Å². The van der Waals surface area contributed by atoms with Gasteiger partial charge in [0, 0.05) is 17.3 Å². The quantitative estimate of drug-likeness (QED) is 0.831. The molecular weight excluding hydrogens is 334 g/mol. The molecule has 0 spiro atoms. The summed E-state index contributed by atoms with van der Waals surface area (Å²) in [6.07, 6.45) is 0. The highest BCUT2D eigenvalue weighted by atomic mass is 79.9. The van der Waals surface area contributed by atoms with Crippen molar-refractivity contribution < 1.29 is 14.6 Å². The summed E-state index contributed by atoms with van der Waals surface area (Å²) >= 11 is 3.37. The molecule has 0 aliphatic carbocycles. The van der Waals surface area contributed by atoms with Crippen molar-refractivity contribution in [3.63, 3.8) is 0 Å².